The SMILES string of the molecule is O=C(NCc1ccc2c(c1)OCO2)Oc1cnn(-c2cccc(Cl)n2)c1C(F)(F)F. The lowest BCUT2D eigenvalue weighted by atomic mass is 10.2. The van der Waals surface area contributed by atoms with Crippen LogP contribution in [0.2, 0.25) is 5.15 Å². The number of alkyl halides is 3. The molecule has 1 aliphatic heterocycles. The van der Waals surface area contributed by atoms with Crippen molar-refractivity contribution in [3.05, 3.63) is 59.0 Å². The van der Waals surface area contributed by atoms with E-state index in [9.17, 15) is 18.0 Å². The van der Waals surface area contributed by atoms with Crippen LogP contribution in [0.4, 0.5) is 18.0 Å². The highest BCUT2D eigenvalue weighted by molar-refractivity contribution is 6.29. The van der Waals surface area contributed by atoms with E-state index < -0.39 is 23.7 Å². The van der Waals surface area contributed by atoms with Gasteiger partial charge in [-0.15, -0.1) is 0 Å². The van der Waals surface area contributed by atoms with Crippen molar-refractivity contribution in [1.29, 1.82) is 0 Å². The number of carbonyl (C=O) groups excluding carboxylic acids is 1. The molecule has 1 aromatic carbocycles. The molecule has 1 amide bonds. The summed E-state index contributed by atoms with van der Waals surface area (Å²) in [6.07, 6.45) is -5.17. The smallest absolute Gasteiger partial charge is 0.437 e. The summed E-state index contributed by atoms with van der Waals surface area (Å²) in [6.45, 7) is 0.0980. The van der Waals surface area contributed by atoms with E-state index >= 15 is 0 Å². The first-order chi connectivity index (χ1) is 14.3. The molecule has 1 aliphatic rings. The van der Waals surface area contributed by atoms with Crippen molar-refractivity contribution in [1.82, 2.24) is 20.1 Å². The van der Waals surface area contributed by atoms with Crippen molar-refractivity contribution in [2.75, 3.05) is 6.79 Å². The lowest BCUT2D eigenvalue weighted by molar-refractivity contribution is -0.143. The van der Waals surface area contributed by atoms with E-state index in [1.54, 1.807) is 18.2 Å². The molecular weight excluding hydrogens is 429 g/mol. The van der Waals surface area contributed by atoms with Crippen LogP contribution in [0.1, 0.15) is 11.3 Å². The summed E-state index contributed by atoms with van der Waals surface area (Å²) in [5.74, 6) is 0.133. The van der Waals surface area contributed by atoms with Crippen LogP contribution in [-0.4, -0.2) is 27.7 Å². The first-order valence-corrected chi connectivity index (χ1v) is 8.81. The molecule has 0 saturated carbocycles. The van der Waals surface area contributed by atoms with Crippen molar-refractivity contribution in [3.8, 4) is 23.1 Å². The quantitative estimate of drug-likeness (QED) is 0.618. The van der Waals surface area contributed by atoms with Crippen LogP contribution in [0, 0.1) is 0 Å². The maximum absolute atomic E-state index is 13.6. The number of hydrogen-bond acceptors (Lipinski definition) is 6. The number of rotatable bonds is 4. The molecule has 0 saturated heterocycles. The fourth-order valence-electron chi connectivity index (χ4n) is 2.72. The molecule has 0 radical (unpaired) electrons. The number of hydrogen-bond donors (Lipinski definition) is 1. The Bertz CT molecular complexity index is 1100. The summed E-state index contributed by atoms with van der Waals surface area (Å²) >= 11 is 5.74. The molecule has 8 nitrogen and oxygen atoms in total. The Balaban J connectivity index is 1.50. The van der Waals surface area contributed by atoms with Gasteiger partial charge in [0.05, 0.1) is 6.20 Å². The Morgan fingerprint density at radius 3 is 2.80 bits per heavy atom. The van der Waals surface area contributed by atoms with Crippen LogP contribution in [0.25, 0.3) is 5.82 Å². The van der Waals surface area contributed by atoms with E-state index in [0.717, 1.165) is 6.20 Å². The lowest BCUT2D eigenvalue weighted by Gasteiger charge is -2.12. The standard InChI is InChI=1S/C18H12ClF3N4O4/c19-14-2-1-3-15(25-14)26-16(18(20,21)22)13(8-24-26)30-17(27)23-7-10-4-5-11-12(6-10)29-9-28-11/h1-6,8H,7,9H2,(H,23,27). The van der Waals surface area contributed by atoms with Gasteiger partial charge in [0.2, 0.25) is 6.79 Å². The van der Waals surface area contributed by atoms with Crippen molar-refractivity contribution in [3.63, 3.8) is 0 Å². The maximum Gasteiger partial charge on any atom is 0.437 e. The first kappa shape index (κ1) is 19.8. The fourth-order valence-corrected chi connectivity index (χ4v) is 2.88. The van der Waals surface area contributed by atoms with Crippen LogP contribution in [-0.2, 0) is 12.7 Å². The normalized spacial score (nSPS) is 12.7. The largest absolute Gasteiger partial charge is 0.454 e. The Morgan fingerprint density at radius 1 is 1.23 bits per heavy atom. The van der Waals surface area contributed by atoms with E-state index in [4.69, 9.17) is 25.8 Å². The summed E-state index contributed by atoms with van der Waals surface area (Å²) in [5, 5.41) is 6.01. The Hall–Kier alpha value is -3.47. The van der Waals surface area contributed by atoms with Gasteiger partial charge in [-0.3, -0.25) is 0 Å². The van der Waals surface area contributed by atoms with Gasteiger partial charge in [0, 0.05) is 6.54 Å². The van der Waals surface area contributed by atoms with Crippen molar-refractivity contribution < 1.29 is 32.2 Å². The molecule has 3 aromatic rings. The van der Waals surface area contributed by atoms with Gasteiger partial charge in [0.15, 0.2) is 28.8 Å². The van der Waals surface area contributed by atoms with E-state index in [1.165, 1.54) is 18.2 Å². The zero-order valence-corrected chi connectivity index (χ0v) is 15.7. The second-order valence-corrected chi connectivity index (χ2v) is 6.40. The molecule has 3 heterocycles. The summed E-state index contributed by atoms with van der Waals surface area (Å²) < 4.78 is 56.6. The highest BCUT2D eigenvalue weighted by Gasteiger charge is 2.40. The number of amides is 1. The fraction of sp³-hybridized carbons (Fsp3) is 0.167. The molecular formula is C18H12ClF3N4O4. The van der Waals surface area contributed by atoms with Gasteiger partial charge in [-0.05, 0) is 29.8 Å². The number of carbonyl (C=O) groups is 1. The molecule has 0 unspecified atom stereocenters. The first-order valence-electron chi connectivity index (χ1n) is 8.43. The third-order valence-electron chi connectivity index (χ3n) is 4.00. The van der Waals surface area contributed by atoms with Crippen LogP contribution in [0.3, 0.4) is 0 Å². The van der Waals surface area contributed by atoms with Gasteiger partial charge < -0.3 is 19.5 Å². The second kappa shape index (κ2) is 7.75. The molecule has 1 N–H and O–H groups in total. The van der Waals surface area contributed by atoms with Gasteiger partial charge in [-0.2, -0.15) is 18.3 Å². The minimum Gasteiger partial charge on any atom is -0.454 e. The summed E-state index contributed by atoms with van der Waals surface area (Å²) in [7, 11) is 0. The number of nitrogens with zero attached hydrogens (tertiary/aromatic N) is 3. The Kier molecular flexibility index (Phi) is 5.12. The van der Waals surface area contributed by atoms with E-state index in [0.29, 0.717) is 21.7 Å². The number of pyridine rings is 1. The van der Waals surface area contributed by atoms with Crippen molar-refractivity contribution in [2.45, 2.75) is 12.7 Å². The van der Waals surface area contributed by atoms with E-state index in [1.807, 2.05) is 0 Å². The number of ether oxygens (including phenoxy) is 3. The summed E-state index contributed by atoms with van der Waals surface area (Å²) in [6, 6.07) is 9.10. The number of fused-ring (bicyclic) bond motifs is 1. The third kappa shape index (κ3) is 4.10. The number of nitrogens with one attached hydrogen (secondary N) is 1. The zero-order valence-electron chi connectivity index (χ0n) is 14.9. The monoisotopic (exact) mass is 440 g/mol. The lowest BCUT2D eigenvalue weighted by Crippen LogP contribution is -2.27. The predicted molar refractivity (Wildman–Crippen MR) is 96.8 cm³/mol. The van der Waals surface area contributed by atoms with Crippen LogP contribution in [0.5, 0.6) is 17.2 Å². The highest BCUT2D eigenvalue weighted by Crippen LogP contribution is 2.37. The van der Waals surface area contributed by atoms with Crippen LogP contribution >= 0.6 is 11.6 Å². The topological polar surface area (TPSA) is 87.5 Å². The van der Waals surface area contributed by atoms with Gasteiger partial charge in [-0.25, -0.2) is 14.5 Å². The molecule has 0 fully saturated rings. The minimum absolute atomic E-state index is 0.000804. The second-order valence-electron chi connectivity index (χ2n) is 6.02. The third-order valence-corrected chi connectivity index (χ3v) is 4.21. The molecule has 0 spiro atoms. The summed E-state index contributed by atoms with van der Waals surface area (Å²) in [5.41, 5.74) is -0.651. The molecule has 4 rings (SSSR count). The van der Waals surface area contributed by atoms with Crippen molar-refractivity contribution in [2.24, 2.45) is 0 Å². The number of aromatic nitrogens is 3. The molecule has 30 heavy (non-hydrogen) atoms. The summed E-state index contributed by atoms with van der Waals surface area (Å²) in [4.78, 5) is 15.9. The van der Waals surface area contributed by atoms with Crippen molar-refractivity contribution >= 4 is 17.7 Å². The van der Waals surface area contributed by atoms with Gasteiger partial charge in [0.1, 0.15) is 5.15 Å². The number of benzene rings is 1. The maximum atomic E-state index is 13.6. The molecule has 2 aromatic heterocycles. The zero-order chi connectivity index (χ0) is 21.3. The highest BCUT2D eigenvalue weighted by atomic mass is 35.5. The molecule has 0 bridgehead atoms. The van der Waals surface area contributed by atoms with E-state index in [-0.39, 0.29) is 24.3 Å². The van der Waals surface area contributed by atoms with Gasteiger partial charge >= 0.3 is 12.3 Å². The number of halogens is 4. The van der Waals surface area contributed by atoms with Crippen LogP contribution in [0.15, 0.2) is 42.6 Å². The minimum atomic E-state index is -4.87. The Labute approximate surface area is 172 Å². The Morgan fingerprint density at radius 2 is 2.03 bits per heavy atom. The predicted octanol–water partition coefficient (Wildman–Crippen LogP) is 3.96. The van der Waals surface area contributed by atoms with Gasteiger partial charge in [-0.1, -0.05) is 23.7 Å². The average molecular weight is 441 g/mol. The molecule has 156 valence electrons. The molecule has 0 atom stereocenters. The van der Waals surface area contributed by atoms with Gasteiger partial charge in [0.25, 0.3) is 0 Å². The molecule has 12 heteroatoms. The molecule has 0 aliphatic carbocycles. The van der Waals surface area contributed by atoms with E-state index in [2.05, 4.69) is 15.4 Å². The average Bonchev–Trinajstić information content (AvgIpc) is 3.32. The van der Waals surface area contributed by atoms with Crippen LogP contribution < -0.4 is 19.5 Å².